The molecule has 2 aromatic heterocycles. The molecule has 0 amide bonds. The number of nitrogens with zero attached hydrogens (tertiary/aromatic N) is 3. The van der Waals surface area contributed by atoms with Crippen LogP contribution in [-0.2, 0) is 7.05 Å². The molecule has 1 atom stereocenters. The van der Waals surface area contributed by atoms with Gasteiger partial charge in [-0.25, -0.2) is 9.37 Å². The van der Waals surface area contributed by atoms with Crippen LogP contribution >= 0.6 is 0 Å². The summed E-state index contributed by atoms with van der Waals surface area (Å²) in [6.45, 7) is 2.01. The molecule has 0 spiro atoms. The SMILES string of the molecule is C[C@@H](Nc1nc(-c2ccncc2)n(C)c(=O)c1-c1ccc(F)cc1)c1ccccc1. The molecule has 0 aliphatic heterocycles. The zero-order valence-electron chi connectivity index (χ0n) is 16.7. The molecule has 2 aromatic carbocycles. The van der Waals surface area contributed by atoms with Gasteiger partial charge in [0.1, 0.15) is 17.5 Å². The molecule has 30 heavy (non-hydrogen) atoms. The fourth-order valence-corrected chi connectivity index (χ4v) is 3.37. The topological polar surface area (TPSA) is 59.8 Å². The van der Waals surface area contributed by atoms with Crippen molar-refractivity contribution in [3.05, 3.63) is 101 Å². The normalized spacial score (nSPS) is 11.8. The van der Waals surface area contributed by atoms with Gasteiger partial charge in [-0.15, -0.1) is 0 Å². The monoisotopic (exact) mass is 400 g/mol. The van der Waals surface area contributed by atoms with Gasteiger partial charge in [-0.1, -0.05) is 42.5 Å². The summed E-state index contributed by atoms with van der Waals surface area (Å²) < 4.78 is 15.0. The van der Waals surface area contributed by atoms with Crippen molar-refractivity contribution in [3.63, 3.8) is 0 Å². The first-order chi connectivity index (χ1) is 14.5. The fraction of sp³-hybridized carbons (Fsp3) is 0.125. The van der Waals surface area contributed by atoms with Gasteiger partial charge >= 0.3 is 0 Å². The molecule has 4 aromatic rings. The Hall–Kier alpha value is -3.80. The van der Waals surface area contributed by atoms with E-state index in [9.17, 15) is 9.18 Å². The predicted molar refractivity (Wildman–Crippen MR) is 117 cm³/mol. The van der Waals surface area contributed by atoms with Gasteiger partial charge in [-0.05, 0) is 42.3 Å². The highest BCUT2D eigenvalue weighted by molar-refractivity contribution is 5.76. The minimum Gasteiger partial charge on any atom is -0.363 e. The van der Waals surface area contributed by atoms with Gasteiger partial charge in [0.2, 0.25) is 0 Å². The maximum atomic E-state index is 13.5. The van der Waals surface area contributed by atoms with E-state index in [4.69, 9.17) is 4.98 Å². The number of anilines is 1. The quantitative estimate of drug-likeness (QED) is 0.522. The summed E-state index contributed by atoms with van der Waals surface area (Å²) in [5.41, 5.74) is 2.64. The molecule has 0 radical (unpaired) electrons. The van der Waals surface area contributed by atoms with Gasteiger partial charge < -0.3 is 5.32 Å². The van der Waals surface area contributed by atoms with E-state index >= 15 is 0 Å². The summed E-state index contributed by atoms with van der Waals surface area (Å²) in [4.78, 5) is 22.2. The molecule has 0 saturated heterocycles. The van der Waals surface area contributed by atoms with Crippen molar-refractivity contribution < 1.29 is 4.39 Å². The number of hydrogen-bond donors (Lipinski definition) is 1. The summed E-state index contributed by atoms with van der Waals surface area (Å²) in [5, 5.41) is 3.38. The second kappa shape index (κ2) is 8.29. The Bertz CT molecular complexity index is 1210. The van der Waals surface area contributed by atoms with E-state index in [1.54, 1.807) is 31.6 Å². The minimum atomic E-state index is -0.357. The van der Waals surface area contributed by atoms with Gasteiger partial charge in [0.05, 0.1) is 5.56 Å². The van der Waals surface area contributed by atoms with Gasteiger partial charge in [0.25, 0.3) is 5.56 Å². The molecule has 0 bridgehead atoms. The molecule has 6 heteroatoms. The van der Waals surface area contributed by atoms with E-state index in [2.05, 4.69) is 10.3 Å². The van der Waals surface area contributed by atoms with Crippen molar-refractivity contribution in [1.29, 1.82) is 0 Å². The zero-order valence-corrected chi connectivity index (χ0v) is 16.7. The largest absolute Gasteiger partial charge is 0.363 e. The van der Waals surface area contributed by atoms with Crippen LogP contribution in [0.5, 0.6) is 0 Å². The van der Waals surface area contributed by atoms with Crippen LogP contribution in [-0.4, -0.2) is 14.5 Å². The summed E-state index contributed by atoms with van der Waals surface area (Å²) in [6.07, 6.45) is 3.32. The third kappa shape index (κ3) is 3.85. The number of nitrogens with one attached hydrogen (secondary N) is 1. The van der Waals surface area contributed by atoms with E-state index in [1.165, 1.54) is 16.7 Å². The predicted octanol–water partition coefficient (Wildman–Crippen LogP) is 4.82. The Kier molecular flexibility index (Phi) is 5.39. The van der Waals surface area contributed by atoms with Crippen LogP contribution in [0.15, 0.2) is 83.9 Å². The van der Waals surface area contributed by atoms with E-state index in [0.717, 1.165) is 11.1 Å². The lowest BCUT2D eigenvalue weighted by molar-refractivity contribution is 0.628. The van der Waals surface area contributed by atoms with Crippen LogP contribution in [0.2, 0.25) is 0 Å². The first-order valence-electron chi connectivity index (χ1n) is 9.63. The third-order valence-corrected chi connectivity index (χ3v) is 5.01. The van der Waals surface area contributed by atoms with Crippen LogP contribution in [0.1, 0.15) is 18.5 Å². The maximum absolute atomic E-state index is 13.5. The Balaban J connectivity index is 1.89. The fourth-order valence-electron chi connectivity index (χ4n) is 3.37. The molecule has 0 aliphatic carbocycles. The molecule has 150 valence electrons. The Labute approximate surface area is 173 Å². The minimum absolute atomic E-state index is 0.0877. The van der Waals surface area contributed by atoms with E-state index < -0.39 is 0 Å². The number of pyridine rings is 1. The molecule has 0 unspecified atom stereocenters. The average Bonchev–Trinajstić information content (AvgIpc) is 2.78. The van der Waals surface area contributed by atoms with Gasteiger partial charge in [-0.2, -0.15) is 0 Å². The van der Waals surface area contributed by atoms with E-state index in [1.807, 2.05) is 49.4 Å². The number of halogens is 1. The Morgan fingerprint density at radius 2 is 1.60 bits per heavy atom. The lowest BCUT2D eigenvalue weighted by atomic mass is 10.1. The highest BCUT2D eigenvalue weighted by atomic mass is 19.1. The number of aromatic nitrogens is 3. The van der Waals surface area contributed by atoms with Crippen molar-refractivity contribution in [2.75, 3.05) is 5.32 Å². The summed E-state index contributed by atoms with van der Waals surface area (Å²) >= 11 is 0. The van der Waals surface area contributed by atoms with Crippen molar-refractivity contribution in [2.45, 2.75) is 13.0 Å². The number of benzene rings is 2. The summed E-state index contributed by atoms with van der Waals surface area (Å²) in [5.74, 6) is 0.619. The van der Waals surface area contributed by atoms with Crippen LogP contribution < -0.4 is 10.9 Å². The lowest BCUT2D eigenvalue weighted by Gasteiger charge is -2.20. The second-order valence-electron chi connectivity index (χ2n) is 7.04. The van der Waals surface area contributed by atoms with E-state index in [0.29, 0.717) is 22.8 Å². The second-order valence-corrected chi connectivity index (χ2v) is 7.04. The van der Waals surface area contributed by atoms with Crippen molar-refractivity contribution in [1.82, 2.24) is 14.5 Å². The molecule has 1 N–H and O–H groups in total. The lowest BCUT2D eigenvalue weighted by Crippen LogP contribution is -2.25. The molecule has 0 fully saturated rings. The van der Waals surface area contributed by atoms with Crippen LogP contribution in [0, 0.1) is 5.82 Å². The Morgan fingerprint density at radius 1 is 0.933 bits per heavy atom. The first-order valence-corrected chi connectivity index (χ1v) is 9.63. The third-order valence-electron chi connectivity index (χ3n) is 5.01. The summed E-state index contributed by atoms with van der Waals surface area (Å²) in [6, 6.07) is 19.3. The van der Waals surface area contributed by atoms with Crippen molar-refractivity contribution in [2.24, 2.45) is 7.05 Å². The Morgan fingerprint density at radius 3 is 2.27 bits per heavy atom. The zero-order chi connectivity index (χ0) is 21.1. The first kappa shape index (κ1) is 19.5. The van der Waals surface area contributed by atoms with Crippen molar-refractivity contribution in [3.8, 4) is 22.5 Å². The van der Waals surface area contributed by atoms with E-state index in [-0.39, 0.29) is 17.4 Å². The molecular formula is C24H21FN4O. The molecule has 0 saturated carbocycles. The van der Waals surface area contributed by atoms with Crippen LogP contribution in [0.3, 0.4) is 0 Å². The number of rotatable bonds is 5. The number of hydrogen-bond acceptors (Lipinski definition) is 4. The molecule has 2 heterocycles. The highest BCUT2D eigenvalue weighted by Gasteiger charge is 2.19. The standard InChI is InChI=1S/C24H21FN4O/c1-16(17-6-4-3-5-7-17)27-22-21(18-8-10-20(25)11-9-18)24(30)29(2)23(28-22)19-12-14-26-15-13-19/h3-16,27H,1-2H3/t16-/m1/s1. The molecule has 4 rings (SSSR count). The molecule has 5 nitrogen and oxygen atoms in total. The average molecular weight is 400 g/mol. The van der Waals surface area contributed by atoms with Crippen LogP contribution in [0.4, 0.5) is 10.2 Å². The van der Waals surface area contributed by atoms with Gasteiger partial charge in [0, 0.05) is 31.0 Å². The molecule has 0 aliphatic rings. The van der Waals surface area contributed by atoms with Gasteiger partial charge in [-0.3, -0.25) is 14.3 Å². The van der Waals surface area contributed by atoms with Crippen LogP contribution in [0.25, 0.3) is 22.5 Å². The smallest absolute Gasteiger partial charge is 0.263 e. The molecular weight excluding hydrogens is 379 g/mol. The summed E-state index contributed by atoms with van der Waals surface area (Å²) in [7, 11) is 1.68. The van der Waals surface area contributed by atoms with Crippen molar-refractivity contribution >= 4 is 5.82 Å². The van der Waals surface area contributed by atoms with Gasteiger partial charge in [0.15, 0.2) is 0 Å². The highest BCUT2D eigenvalue weighted by Crippen LogP contribution is 2.29. The maximum Gasteiger partial charge on any atom is 0.263 e.